The molecular formula is C14H18BrNO. The molecule has 0 aromatic heterocycles. The van der Waals surface area contributed by atoms with Gasteiger partial charge < -0.3 is 5.32 Å². The lowest BCUT2D eigenvalue weighted by molar-refractivity contribution is 0.0944. The van der Waals surface area contributed by atoms with Crippen LogP contribution in [0.15, 0.2) is 28.7 Å². The van der Waals surface area contributed by atoms with Crippen LogP contribution in [0.3, 0.4) is 0 Å². The first-order chi connectivity index (χ1) is 8.16. The summed E-state index contributed by atoms with van der Waals surface area (Å²) in [6.45, 7) is 1.96. The van der Waals surface area contributed by atoms with Crippen LogP contribution in [0.4, 0.5) is 0 Å². The number of ketones is 1. The van der Waals surface area contributed by atoms with E-state index in [0.717, 1.165) is 10.0 Å². The molecular weight excluding hydrogens is 278 g/mol. The molecule has 1 aliphatic carbocycles. The molecule has 1 atom stereocenters. The highest BCUT2D eigenvalue weighted by atomic mass is 79.9. The summed E-state index contributed by atoms with van der Waals surface area (Å²) < 4.78 is 1.01. The molecule has 17 heavy (non-hydrogen) atoms. The topological polar surface area (TPSA) is 29.1 Å². The molecule has 0 radical (unpaired) electrons. The van der Waals surface area contributed by atoms with Crippen molar-refractivity contribution in [2.24, 2.45) is 0 Å². The van der Waals surface area contributed by atoms with Crippen LogP contribution in [-0.4, -0.2) is 17.9 Å². The number of rotatable bonds is 4. The van der Waals surface area contributed by atoms with E-state index in [-0.39, 0.29) is 11.8 Å². The first-order valence-corrected chi connectivity index (χ1v) is 7.02. The third kappa shape index (κ3) is 3.39. The third-order valence-electron chi connectivity index (χ3n) is 3.36. The molecule has 1 N–H and O–H groups in total. The molecule has 3 heteroatoms. The number of carbonyl (C=O) groups is 1. The Balaban J connectivity index is 1.96. The summed E-state index contributed by atoms with van der Waals surface area (Å²) in [4.78, 5) is 12.2. The van der Waals surface area contributed by atoms with Gasteiger partial charge in [0.25, 0.3) is 0 Å². The monoisotopic (exact) mass is 295 g/mol. The fourth-order valence-corrected chi connectivity index (χ4v) is 2.65. The Morgan fingerprint density at radius 3 is 2.47 bits per heavy atom. The fourth-order valence-electron chi connectivity index (χ4n) is 2.39. The van der Waals surface area contributed by atoms with Crippen molar-refractivity contribution in [3.8, 4) is 0 Å². The first kappa shape index (κ1) is 12.8. The largest absolute Gasteiger partial charge is 0.305 e. The second kappa shape index (κ2) is 5.78. The van der Waals surface area contributed by atoms with Gasteiger partial charge in [-0.3, -0.25) is 4.79 Å². The van der Waals surface area contributed by atoms with E-state index in [1.807, 2.05) is 31.2 Å². The SMILES string of the molecule is CC(NC1CCCC1)C(=O)c1ccc(Br)cc1. The van der Waals surface area contributed by atoms with Crippen LogP contribution in [0.25, 0.3) is 0 Å². The lowest BCUT2D eigenvalue weighted by Gasteiger charge is -2.18. The molecule has 1 fully saturated rings. The number of carbonyl (C=O) groups excluding carboxylic acids is 1. The molecule has 0 aliphatic heterocycles. The highest BCUT2D eigenvalue weighted by molar-refractivity contribution is 9.10. The molecule has 1 aromatic carbocycles. The maximum atomic E-state index is 12.2. The van der Waals surface area contributed by atoms with Crippen molar-refractivity contribution in [1.29, 1.82) is 0 Å². The van der Waals surface area contributed by atoms with E-state index in [0.29, 0.717) is 6.04 Å². The second-order valence-electron chi connectivity index (χ2n) is 4.74. The van der Waals surface area contributed by atoms with E-state index in [1.165, 1.54) is 25.7 Å². The fraction of sp³-hybridized carbons (Fsp3) is 0.500. The third-order valence-corrected chi connectivity index (χ3v) is 3.89. The summed E-state index contributed by atoms with van der Waals surface area (Å²) >= 11 is 3.38. The predicted octanol–water partition coefficient (Wildman–Crippen LogP) is 3.55. The summed E-state index contributed by atoms with van der Waals surface area (Å²) in [5.41, 5.74) is 0.784. The van der Waals surface area contributed by atoms with Crippen molar-refractivity contribution < 1.29 is 4.79 Å². The smallest absolute Gasteiger partial charge is 0.179 e. The molecule has 1 aromatic rings. The average molecular weight is 296 g/mol. The molecule has 0 saturated heterocycles. The van der Waals surface area contributed by atoms with E-state index >= 15 is 0 Å². The lowest BCUT2D eigenvalue weighted by Crippen LogP contribution is -2.40. The molecule has 1 aliphatic rings. The molecule has 0 heterocycles. The molecule has 92 valence electrons. The van der Waals surface area contributed by atoms with E-state index < -0.39 is 0 Å². The number of halogens is 1. The standard InChI is InChI=1S/C14H18BrNO/c1-10(16-13-4-2-3-5-13)14(17)11-6-8-12(15)9-7-11/h6-10,13,16H,2-5H2,1H3. The second-order valence-corrected chi connectivity index (χ2v) is 5.66. The normalized spacial score (nSPS) is 18.2. The number of hydrogen-bond donors (Lipinski definition) is 1. The van der Waals surface area contributed by atoms with E-state index in [2.05, 4.69) is 21.2 Å². The minimum absolute atomic E-state index is 0.0840. The number of nitrogens with one attached hydrogen (secondary N) is 1. The number of hydrogen-bond acceptors (Lipinski definition) is 2. The maximum Gasteiger partial charge on any atom is 0.179 e. The molecule has 0 amide bonds. The minimum Gasteiger partial charge on any atom is -0.305 e. The van der Waals surface area contributed by atoms with Crippen molar-refractivity contribution in [3.05, 3.63) is 34.3 Å². The molecule has 1 unspecified atom stereocenters. The van der Waals surface area contributed by atoms with Crippen LogP contribution in [0.5, 0.6) is 0 Å². The van der Waals surface area contributed by atoms with Crippen molar-refractivity contribution in [1.82, 2.24) is 5.32 Å². The highest BCUT2D eigenvalue weighted by Crippen LogP contribution is 2.19. The Morgan fingerprint density at radius 1 is 1.29 bits per heavy atom. The van der Waals surface area contributed by atoms with Crippen molar-refractivity contribution in [2.75, 3.05) is 0 Å². The highest BCUT2D eigenvalue weighted by Gasteiger charge is 2.21. The number of Topliss-reactive ketones (excluding diaryl/α,β-unsaturated/α-hetero) is 1. The van der Waals surface area contributed by atoms with Gasteiger partial charge in [-0.15, -0.1) is 0 Å². The first-order valence-electron chi connectivity index (χ1n) is 6.22. The summed E-state index contributed by atoms with van der Waals surface area (Å²) in [6, 6.07) is 8.02. The van der Waals surface area contributed by atoms with Gasteiger partial charge in [0, 0.05) is 16.1 Å². The lowest BCUT2D eigenvalue weighted by atomic mass is 10.0. The average Bonchev–Trinajstić information content (AvgIpc) is 2.82. The molecule has 2 nitrogen and oxygen atoms in total. The van der Waals surface area contributed by atoms with Gasteiger partial charge in [-0.2, -0.15) is 0 Å². The van der Waals surface area contributed by atoms with Gasteiger partial charge in [-0.25, -0.2) is 0 Å². The van der Waals surface area contributed by atoms with Gasteiger partial charge in [-0.1, -0.05) is 40.9 Å². The van der Waals surface area contributed by atoms with Gasteiger partial charge in [0.05, 0.1) is 6.04 Å². The summed E-state index contributed by atoms with van der Waals surface area (Å²) in [5.74, 6) is 0.185. The van der Waals surface area contributed by atoms with Gasteiger partial charge in [0.2, 0.25) is 0 Å². The quantitative estimate of drug-likeness (QED) is 0.861. The van der Waals surface area contributed by atoms with Gasteiger partial charge in [0.15, 0.2) is 5.78 Å². The Bertz CT molecular complexity index is 382. The van der Waals surface area contributed by atoms with Crippen molar-refractivity contribution in [2.45, 2.75) is 44.7 Å². The molecule has 2 rings (SSSR count). The van der Waals surface area contributed by atoms with Gasteiger partial charge in [-0.05, 0) is 31.9 Å². The van der Waals surface area contributed by atoms with Crippen LogP contribution in [0.1, 0.15) is 43.0 Å². The summed E-state index contributed by atoms with van der Waals surface area (Å²) in [5, 5.41) is 3.43. The van der Waals surface area contributed by atoms with Crippen LogP contribution in [-0.2, 0) is 0 Å². The zero-order valence-electron chi connectivity index (χ0n) is 10.1. The van der Waals surface area contributed by atoms with Crippen LogP contribution in [0, 0.1) is 0 Å². The van der Waals surface area contributed by atoms with Crippen molar-refractivity contribution in [3.63, 3.8) is 0 Å². The maximum absolute atomic E-state index is 12.2. The Kier molecular flexibility index (Phi) is 4.35. The molecule has 0 spiro atoms. The van der Waals surface area contributed by atoms with E-state index in [9.17, 15) is 4.79 Å². The minimum atomic E-state index is -0.0840. The molecule has 0 bridgehead atoms. The Morgan fingerprint density at radius 2 is 1.88 bits per heavy atom. The summed E-state index contributed by atoms with van der Waals surface area (Å²) in [7, 11) is 0. The zero-order chi connectivity index (χ0) is 12.3. The van der Waals surface area contributed by atoms with E-state index in [4.69, 9.17) is 0 Å². The number of benzene rings is 1. The Labute approximate surface area is 111 Å². The van der Waals surface area contributed by atoms with Crippen molar-refractivity contribution >= 4 is 21.7 Å². The van der Waals surface area contributed by atoms with Gasteiger partial charge in [0.1, 0.15) is 0 Å². The summed E-state index contributed by atoms with van der Waals surface area (Å²) in [6.07, 6.45) is 4.99. The van der Waals surface area contributed by atoms with Crippen LogP contribution >= 0.6 is 15.9 Å². The van der Waals surface area contributed by atoms with E-state index in [1.54, 1.807) is 0 Å². The zero-order valence-corrected chi connectivity index (χ0v) is 11.7. The predicted molar refractivity (Wildman–Crippen MR) is 73.3 cm³/mol. The Hall–Kier alpha value is -0.670. The van der Waals surface area contributed by atoms with Gasteiger partial charge >= 0.3 is 0 Å². The van der Waals surface area contributed by atoms with Crippen LogP contribution in [0.2, 0.25) is 0 Å². The van der Waals surface area contributed by atoms with Crippen LogP contribution < -0.4 is 5.32 Å². The molecule has 1 saturated carbocycles.